The number of hydrogen-bond acceptors (Lipinski definition) is 6. The number of hydrogen-bond donors (Lipinski definition) is 1. The topological polar surface area (TPSA) is 77.6 Å². The molecule has 0 aliphatic heterocycles. The molecule has 0 atom stereocenters. The average molecular weight is 468 g/mol. The molecule has 178 valence electrons. The van der Waals surface area contributed by atoms with E-state index in [4.69, 9.17) is 9.47 Å². The first-order valence-corrected chi connectivity index (χ1v) is 11.4. The number of carbonyl (C=O) groups excluding carboxylic acids is 1. The van der Waals surface area contributed by atoms with E-state index < -0.39 is 5.82 Å². The van der Waals surface area contributed by atoms with Gasteiger partial charge in [0.2, 0.25) is 0 Å². The third-order valence-electron chi connectivity index (χ3n) is 3.82. The summed E-state index contributed by atoms with van der Waals surface area (Å²) >= 11 is 1.34. The molecule has 0 fully saturated rings. The van der Waals surface area contributed by atoms with Crippen LogP contribution in [0.5, 0.6) is 5.75 Å². The van der Waals surface area contributed by atoms with E-state index in [0.29, 0.717) is 34.1 Å². The fourth-order valence-electron chi connectivity index (χ4n) is 2.47. The van der Waals surface area contributed by atoms with Crippen LogP contribution in [0.1, 0.15) is 45.1 Å². The fraction of sp³-hybridized carbons (Fsp3) is 0.417. The predicted molar refractivity (Wildman–Crippen MR) is 131 cm³/mol. The van der Waals surface area contributed by atoms with E-state index >= 15 is 0 Å². The van der Waals surface area contributed by atoms with E-state index in [2.05, 4.69) is 9.72 Å². The van der Waals surface area contributed by atoms with Crippen LogP contribution in [-0.2, 0) is 9.47 Å². The van der Waals surface area contributed by atoms with Crippen molar-refractivity contribution >= 4 is 27.7 Å². The molecule has 0 aliphatic rings. The molecule has 0 saturated carbocycles. The van der Waals surface area contributed by atoms with Crippen LogP contribution in [0.15, 0.2) is 34.4 Å². The molecule has 0 spiro atoms. The maximum Gasteiger partial charge on any atom is 0.257 e. The first-order valence-electron chi connectivity index (χ1n) is 10.6. The van der Waals surface area contributed by atoms with Crippen LogP contribution in [0.3, 0.4) is 0 Å². The second-order valence-electron chi connectivity index (χ2n) is 5.58. The summed E-state index contributed by atoms with van der Waals surface area (Å²) in [5.74, 6) is -0.164. The lowest BCUT2D eigenvalue weighted by atomic mass is 10.0. The quantitative estimate of drug-likeness (QED) is 0.344. The molecule has 0 unspecified atom stereocenters. The van der Waals surface area contributed by atoms with Gasteiger partial charge < -0.3 is 19.2 Å². The molecule has 1 aromatic carbocycles. The van der Waals surface area contributed by atoms with Gasteiger partial charge in [-0.15, -0.1) is 11.3 Å². The number of carbonyl (C=O) groups is 1. The molecule has 1 N–H and O–H groups in total. The summed E-state index contributed by atoms with van der Waals surface area (Å²) in [6, 6.07) is 5.77. The molecule has 0 radical (unpaired) electrons. The van der Waals surface area contributed by atoms with Crippen LogP contribution < -0.4 is 10.3 Å². The smallest absolute Gasteiger partial charge is 0.257 e. The van der Waals surface area contributed by atoms with Gasteiger partial charge in [0.1, 0.15) is 18.2 Å². The molecule has 0 saturated heterocycles. The Bertz CT molecular complexity index is 982. The molecule has 0 aliphatic carbocycles. The monoisotopic (exact) mass is 467 g/mol. The van der Waals surface area contributed by atoms with Crippen molar-refractivity contribution in [2.45, 2.75) is 34.6 Å². The van der Waals surface area contributed by atoms with Gasteiger partial charge in [0.15, 0.2) is 6.29 Å². The van der Waals surface area contributed by atoms with E-state index in [9.17, 15) is 14.0 Å². The summed E-state index contributed by atoms with van der Waals surface area (Å²) < 4.78 is 29.4. The lowest BCUT2D eigenvalue weighted by Crippen LogP contribution is -2.11. The number of nitrogens with one attached hydrogen (secondary N) is 1. The zero-order valence-electron chi connectivity index (χ0n) is 19.9. The van der Waals surface area contributed by atoms with E-state index in [0.717, 1.165) is 6.61 Å². The van der Waals surface area contributed by atoms with Crippen LogP contribution in [0.25, 0.3) is 21.2 Å². The normalized spacial score (nSPS) is 9.50. The van der Waals surface area contributed by atoms with Crippen molar-refractivity contribution < 1.29 is 23.4 Å². The minimum absolute atomic E-state index is 0.137. The number of H-pyrrole nitrogens is 1. The number of rotatable bonds is 7. The van der Waals surface area contributed by atoms with Crippen molar-refractivity contribution in [3.8, 4) is 16.9 Å². The molecule has 6 nitrogen and oxygen atoms in total. The Balaban J connectivity index is 0.00000106. The maximum absolute atomic E-state index is 13.6. The van der Waals surface area contributed by atoms with E-state index in [1.54, 1.807) is 18.6 Å². The van der Waals surface area contributed by atoms with Crippen molar-refractivity contribution in [1.82, 2.24) is 4.98 Å². The number of pyridine rings is 1. The highest BCUT2D eigenvalue weighted by Crippen LogP contribution is 2.38. The summed E-state index contributed by atoms with van der Waals surface area (Å²) in [6.45, 7) is 11.4. The van der Waals surface area contributed by atoms with Crippen molar-refractivity contribution in [2.75, 3.05) is 34.0 Å². The van der Waals surface area contributed by atoms with Gasteiger partial charge in [0.25, 0.3) is 5.56 Å². The molecule has 2 aromatic heterocycles. The Morgan fingerprint density at radius 1 is 1.06 bits per heavy atom. The molecular weight excluding hydrogens is 433 g/mol. The van der Waals surface area contributed by atoms with Crippen molar-refractivity contribution in [3.63, 3.8) is 0 Å². The summed E-state index contributed by atoms with van der Waals surface area (Å²) in [7, 11) is 3.22. The third kappa shape index (κ3) is 8.18. The fourth-order valence-corrected chi connectivity index (χ4v) is 3.43. The number of aromatic amines is 1. The minimum atomic E-state index is -0.453. The Kier molecular flexibility index (Phi) is 15.7. The highest BCUT2D eigenvalue weighted by molar-refractivity contribution is 7.17. The summed E-state index contributed by atoms with van der Waals surface area (Å²) in [6.07, 6.45) is 0.582. The van der Waals surface area contributed by atoms with Crippen LogP contribution in [0.2, 0.25) is 0 Å². The number of halogens is 1. The highest BCUT2D eigenvalue weighted by Gasteiger charge is 2.18. The number of fused-ring (bicyclic) bond motifs is 1. The van der Waals surface area contributed by atoms with Gasteiger partial charge >= 0.3 is 0 Å². The first-order chi connectivity index (χ1) is 15.6. The van der Waals surface area contributed by atoms with Crippen LogP contribution in [0, 0.1) is 5.82 Å². The standard InChI is InChI=1S/C17H14FNO4S.C3H8O.2C2H6/c1-22-5-6-23-14-8-10(18)2-3-11(14)15-13(9-20)19-17(21)12-4-7-24-16(12)15;1-3-4-2;2*1-2/h2-4,7-9H,5-6H2,1H3,(H,19,21);3H2,1-2H3;2*1-2H3. The molecule has 0 amide bonds. The largest absolute Gasteiger partial charge is 0.490 e. The molecule has 3 rings (SSSR count). The van der Waals surface area contributed by atoms with Gasteiger partial charge in [0.05, 0.1) is 17.7 Å². The Labute approximate surface area is 193 Å². The van der Waals surface area contributed by atoms with E-state index in [-0.39, 0.29) is 23.6 Å². The van der Waals surface area contributed by atoms with Crippen molar-refractivity contribution in [1.29, 1.82) is 0 Å². The number of ether oxygens (including phenoxy) is 3. The Hall–Kier alpha value is -2.55. The van der Waals surface area contributed by atoms with Gasteiger partial charge in [-0.2, -0.15) is 0 Å². The van der Waals surface area contributed by atoms with Crippen molar-refractivity contribution in [2.24, 2.45) is 0 Å². The highest BCUT2D eigenvalue weighted by atomic mass is 32.1. The number of thiophene rings is 1. The van der Waals surface area contributed by atoms with Gasteiger partial charge in [0, 0.05) is 42.7 Å². The first kappa shape index (κ1) is 29.5. The van der Waals surface area contributed by atoms with Gasteiger partial charge in [-0.1, -0.05) is 27.7 Å². The van der Waals surface area contributed by atoms with Crippen LogP contribution >= 0.6 is 11.3 Å². The van der Waals surface area contributed by atoms with Crippen LogP contribution in [-0.4, -0.2) is 45.3 Å². The predicted octanol–water partition coefficient (Wildman–Crippen LogP) is 5.94. The molecule has 8 heteroatoms. The molecule has 3 aromatic rings. The second kappa shape index (κ2) is 17.1. The molecular formula is C24H34FNO5S. The van der Waals surface area contributed by atoms with Gasteiger partial charge in [-0.25, -0.2) is 4.39 Å². The maximum atomic E-state index is 13.6. The zero-order chi connectivity index (χ0) is 24.5. The van der Waals surface area contributed by atoms with E-state index in [1.165, 1.54) is 36.6 Å². The Morgan fingerprint density at radius 2 is 1.72 bits per heavy atom. The zero-order valence-corrected chi connectivity index (χ0v) is 20.7. The summed E-state index contributed by atoms with van der Waals surface area (Å²) in [5.41, 5.74) is 0.875. The summed E-state index contributed by atoms with van der Waals surface area (Å²) in [4.78, 5) is 26.1. The SMILES string of the molecule is CC.CC.CCOC.COCCOc1cc(F)ccc1-c1c(C=O)[nH]c(=O)c2ccsc12. The van der Waals surface area contributed by atoms with Crippen molar-refractivity contribution in [3.05, 3.63) is 51.5 Å². The number of aldehydes is 1. The number of aromatic nitrogens is 1. The third-order valence-corrected chi connectivity index (χ3v) is 4.75. The Morgan fingerprint density at radius 3 is 2.28 bits per heavy atom. The molecule has 32 heavy (non-hydrogen) atoms. The lowest BCUT2D eigenvalue weighted by molar-refractivity contribution is 0.111. The van der Waals surface area contributed by atoms with Gasteiger partial charge in [-0.3, -0.25) is 9.59 Å². The van der Waals surface area contributed by atoms with E-state index in [1.807, 2.05) is 34.6 Å². The lowest BCUT2D eigenvalue weighted by Gasteiger charge is -2.13. The van der Waals surface area contributed by atoms with Crippen LogP contribution in [0.4, 0.5) is 4.39 Å². The second-order valence-corrected chi connectivity index (χ2v) is 6.50. The minimum Gasteiger partial charge on any atom is -0.490 e. The number of benzene rings is 1. The number of methoxy groups -OCH3 is 2. The summed E-state index contributed by atoms with van der Waals surface area (Å²) in [5, 5.41) is 2.25. The molecule has 2 heterocycles. The van der Waals surface area contributed by atoms with Gasteiger partial charge in [-0.05, 0) is 30.5 Å². The molecule has 0 bridgehead atoms. The average Bonchev–Trinajstić information content (AvgIpc) is 3.33.